The normalized spacial score (nSPS) is 11.1. The molecule has 17 heteroatoms. The highest BCUT2D eigenvalue weighted by molar-refractivity contribution is 6.45. The number of aromatic nitrogens is 1. The first-order valence-electron chi connectivity index (χ1n) is 17.8. The van der Waals surface area contributed by atoms with Crippen LogP contribution in [0.1, 0.15) is 42.3 Å². The molecular weight excluding hydrogens is 779 g/mol. The molecule has 6 N–H and O–H groups in total. The number of primary amides is 1. The molecule has 4 amide bonds. The molecule has 0 spiro atoms. The van der Waals surface area contributed by atoms with Crippen molar-refractivity contribution < 1.29 is 42.8 Å². The van der Waals surface area contributed by atoms with Gasteiger partial charge in [0.2, 0.25) is 5.91 Å². The summed E-state index contributed by atoms with van der Waals surface area (Å²) in [7, 11) is 4.55. The zero-order chi connectivity index (χ0) is 41.5. The lowest BCUT2D eigenvalue weighted by Gasteiger charge is -2.23. The lowest BCUT2D eigenvalue weighted by Crippen LogP contribution is -2.27. The number of nitrogens with zero attached hydrogens (tertiary/aromatic N) is 1. The van der Waals surface area contributed by atoms with Crippen molar-refractivity contribution in [2.45, 2.75) is 32.6 Å². The highest BCUT2D eigenvalue weighted by Gasteiger charge is 2.22. The summed E-state index contributed by atoms with van der Waals surface area (Å²) in [6, 6.07) is 14.3. The molecule has 0 radical (unpaired) electrons. The Hall–Kier alpha value is -5.32. The molecule has 0 aliphatic heterocycles. The summed E-state index contributed by atoms with van der Waals surface area (Å²) >= 11 is 13.2. The van der Waals surface area contributed by atoms with Crippen molar-refractivity contribution in [2.24, 2.45) is 5.73 Å². The number of halogens is 2. The minimum absolute atomic E-state index is 0.0299. The molecule has 1 aromatic heterocycles. The monoisotopic (exact) mass is 826 g/mol. The van der Waals surface area contributed by atoms with Gasteiger partial charge < -0.3 is 55.4 Å². The van der Waals surface area contributed by atoms with Crippen LogP contribution in [0.3, 0.4) is 0 Å². The average molecular weight is 828 g/mol. The Morgan fingerprint density at radius 2 is 1.51 bits per heavy atom. The third-order valence-corrected chi connectivity index (χ3v) is 8.98. The van der Waals surface area contributed by atoms with Crippen LogP contribution in [0.25, 0.3) is 0 Å². The van der Waals surface area contributed by atoms with Gasteiger partial charge in [-0.15, -0.1) is 0 Å². The van der Waals surface area contributed by atoms with Crippen LogP contribution >= 0.6 is 23.2 Å². The Kier molecular flexibility index (Phi) is 16.6. The molecule has 0 unspecified atom stereocenters. The number of benzene rings is 3. The van der Waals surface area contributed by atoms with Crippen molar-refractivity contribution in [3.8, 4) is 23.0 Å². The second-order valence-corrected chi connectivity index (χ2v) is 14.2. The first-order valence-corrected chi connectivity index (χ1v) is 18.6. The van der Waals surface area contributed by atoms with E-state index in [4.69, 9.17) is 57.4 Å². The van der Waals surface area contributed by atoms with Crippen molar-refractivity contribution in [2.75, 3.05) is 76.9 Å². The molecule has 3 aromatic carbocycles. The van der Waals surface area contributed by atoms with Crippen molar-refractivity contribution in [3.63, 3.8) is 0 Å². The van der Waals surface area contributed by atoms with Gasteiger partial charge in [-0.3, -0.25) is 9.59 Å². The summed E-state index contributed by atoms with van der Waals surface area (Å²) in [6.45, 7) is 8.47. The molecule has 0 bridgehead atoms. The van der Waals surface area contributed by atoms with Gasteiger partial charge in [-0.25, -0.2) is 9.78 Å². The van der Waals surface area contributed by atoms with E-state index in [1.807, 2.05) is 26.8 Å². The number of ether oxygens (including phenoxy) is 6. The number of nitrogens with two attached hydrogens (primary N) is 1. The Morgan fingerprint density at radius 1 is 0.789 bits per heavy atom. The van der Waals surface area contributed by atoms with E-state index in [1.54, 1.807) is 55.6 Å². The second-order valence-electron chi connectivity index (χ2n) is 13.5. The highest BCUT2D eigenvalue weighted by atomic mass is 35.5. The Labute approximate surface area is 341 Å². The summed E-state index contributed by atoms with van der Waals surface area (Å²) in [5.41, 5.74) is 8.02. The molecule has 0 atom stereocenters. The maximum atomic E-state index is 13.2. The van der Waals surface area contributed by atoms with Gasteiger partial charge in [-0.2, -0.15) is 0 Å². The highest BCUT2D eigenvalue weighted by Crippen LogP contribution is 2.40. The van der Waals surface area contributed by atoms with Crippen LogP contribution in [0.15, 0.2) is 60.8 Å². The van der Waals surface area contributed by atoms with Crippen LogP contribution in [-0.2, 0) is 30.8 Å². The molecule has 1 heterocycles. The largest absolute Gasteiger partial charge is 0.497 e. The lowest BCUT2D eigenvalue weighted by atomic mass is 9.85. The molecule has 4 rings (SSSR count). The predicted octanol–water partition coefficient (Wildman–Crippen LogP) is 7.32. The molecule has 0 fully saturated rings. The maximum absolute atomic E-state index is 13.2. The number of hydrogen-bond donors (Lipinski definition) is 5. The van der Waals surface area contributed by atoms with Crippen LogP contribution in [0.4, 0.5) is 27.7 Å². The number of carbonyl (C=O) groups excluding carboxylic acids is 3. The van der Waals surface area contributed by atoms with Crippen molar-refractivity contribution in [1.82, 2.24) is 10.3 Å². The number of anilines is 4. The van der Waals surface area contributed by atoms with Gasteiger partial charge in [0.05, 0.1) is 70.1 Å². The fraction of sp³-hybridized carbons (Fsp3) is 0.350. The van der Waals surface area contributed by atoms with Crippen molar-refractivity contribution in [3.05, 3.63) is 87.5 Å². The summed E-state index contributed by atoms with van der Waals surface area (Å²) in [5, 5.41) is 11.6. The minimum atomic E-state index is -0.636. The standard InChI is InChI=1S/C40H48Cl2N6O9/c1-40(2,3)26-17-24(20-33(43)49)37(54-6)31(21-26)48-39(51)47-30-7-8-32(36(42)35(30)41)57-28-9-10-44-34(23-28)46-27-18-25(19-29(22-27)53-5)38(50)45-11-12-55-15-16-56-14-13-52-4/h7-10,17-19,21-23H,11-16,20H2,1-6H3,(H2,43,49)(H,44,46)(H,45,50)(H2,47,48,51). The molecule has 15 nitrogen and oxygen atoms in total. The van der Waals surface area contributed by atoms with E-state index in [1.165, 1.54) is 20.4 Å². The van der Waals surface area contributed by atoms with Gasteiger partial charge >= 0.3 is 6.03 Å². The van der Waals surface area contributed by atoms with Gasteiger partial charge in [0.15, 0.2) is 0 Å². The zero-order valence-corrected chi connectivity index (χ0v) is 34.2. The smallest absolute Gasteiger partial charge is 0.323 e. The SMILES string of the molecule is COCCOCCOCCNC(=O)c1cc(Nc2cc(Oc3ccc(NC(=O)Nc4cc(C(C)(C)C)cc(CC(N)=O)c4OC)c(Cl)c3Cl)ccn2)cc(OC)c1. The number of pyridine rings is 1. The molecule has 4 aromatic rings. The fourth-order valence-corrected chi connectivity index (χ4v) is 5.71. The van der Waals surface area contributed by atoms with Crippen LogP contribution in [0, 0.1) is 0 Å². The lowest BCUT2D eigenvalue weighted by molar-refractivity contribution is -0.117. The number of hydrogen-bond acceptors (Lipinski definition) is 11. The van der Waals surface area contributed by atoms with Crippen molar-refractivity contribution in [1.29, 1.82) is 0 Å². The van der Waals surface area contributed by atoms with E-state index < -0.39 is 11.9 Å². The van der Waals surface area contributed by atoms with Gasteiger partial charge in [0, 0.05) is 48.8 Å². The second kappa shape index (κ2) is 21.3. The van der Waals surface area contributed by atoms with Gasteiger partial charge in [0.25, 0.3) is 5.91 Å². The van der Waals surface area contributed by atoms with Crippen LogP contribution in [0.5, 0.6) is 23.0 Å². The van der Waals surface area contributed by atoms with E-state index >= 15 is 0 Å². The third kappa shape index (κ3) is 13.4. The summed E-state index contributed by atoms with van der Waals surface area (Å²) in [4.78, 5) is 42.3. The molecule has 57 heavy (non-hydrogen) atoms. The first-order chi connectivity index (χ1) is 27.2. The molecule has 306 valence electrons. The summed E-state index contributed by atoms with van der Waals surface area (Å²) in [5.74, 6) is 0.885. The van der Waals surface area contributed by atoms with Gasteiger partial charge in [0.1, 0.15) is 33.8 Å². The quantitative estimate of drug-likeness (QED) is 0.0561. The Balaban J connectivity index is 1.41. The summed E-state index contributed by atoms with van der Waals surface area (Å²) in [6.07, 6.45) is 1.45. The minimum Gasteiger partial charge on any atom is -0.497 e. The Morgan fingerprint density at radius 3 is 2.19 bits per heavy atom. The molecule has 0 aliphatic carbocycles. The zero-order valence-electron chi connectivity index (χ0n) is 32.7. The van der Waals surface area contributed by atoms with Crippen LogP contribution < -0.4 is 41.2 Å². The van der Waals surface area contributed by atoms with E-state index in [0.29, 0.717) is 85.1 Å². The number of rotatable bonds is 20. The van der Waals surface area contributed by atoms with Crippen LogP contribution in [0.2, 0.25) is 10.0 Å². The number of nitrogens with one attached hydrogen (secondary N) is 4. The molecule has 0 saturated carbocycles. The van der Waals surface area contributed by atoms with E-state index in [0.717, 1.165) is 5.56 Å². The van der Waals surface area contributed by atoms with Crippen LogP contribution in [-0.4, -0.2) is 83.7 Å². The van der Waals surface area contributed by atoms with Crippen molar-refractivity contribution >= 4 is 63.9 Å². The number of methoxy groups -OCH3 is 3. The van der Waals surface area contributed by atoms with Gasteiger partial charge in [-0.1, -0.05) is 50.0 Å². The number of amides is 4. The maximum Gasteiger partial charge on any atom is 0.323 e. The Bertz CT molecular complexity index is 2030. The molecule has 0 aliphatic rings. The number of carbonyl (C=O) groups is 3. The average Bonchev–Trinajstić information content (AvgIpc) is 3.16. The summed E-state index contributed by atoms with van der Waals surface area (Å²) < 4.78 is 32.8. The van der Waals surface area contributed by atoms with Gasteiger partial charge in [-0.05, 0) is 47.4 Å². The fourth-order valence-electron chi connectivity index (χ4n) is 5.30. The third-order valence-electron chi connectivity index (χ3n) is 8.12. The topological polar surface area (TPSA) is 194 Å². The molecule has 0 saturated heterocycles. The first kappa shape index (κ1) is 44.4. The van der Waals surface area contributed by atoms with E-state index in [-0.39, 0.29) is 39.2 Å². The van der Waals surface area contributed by atoms with E-state index in [2.05, 4.69) is 26.3 Å². The molecular formula is C40H48Cl2N6O9. The van der Waals surface area contributed by atoms with E-state index in [9.17, 15) is 14.4 Å². The number of urea groups is 1. The predicted molar refractivity (Wildman–Crippen MR) is 220 cm³/mol.